The molecule has 19 heavy (non-hydrogen) atoms. The monoisotopic (exact) mass is 278 g/mol. The Morgan fingerprint density at radius 2 is 2.05 bits per heavy atom. The predicted molar refractivity (Wildman–Crippen MR) is 78.0 cm³/mol. The van der Waals surface area contributed by atoms with Crippen molar-refractivity contribution in [2.45, 2.75) is 13.0 Å². The lowest BCUT2D eigenvalue weighted by atomic mass is 10.0. The molecule has 0 aliphatic carbocycles. The Morgan fingerprint density at radius 3 is 2.68 bits per heavy atom. The number of nitrogens with one attached hydrogen (secondary N) is 1. The molecule has 0 heterocycles. The molecule has 2 nitrogen and oxygen atoms in total. The Bertz CT molecular complexity index is 572. The fourth-order valence-electron chi connectivity index (χ4n) is 2.07. The van der Waals surface area contributed by atoms with Gasteiger partial charge in [-0.15, -0.1) is 0 Å². The molecule has 0 fully saturated rings. The van der Waals surface area contributed by atoms with Gasteiger partial charge in [0.05, 0.1) is 6.04 Å². The highest BCUT2D eigenvalue weighted by molar-refractivity contribution is 6.30. The lowest BCUT2D eigenvalue weighted by Crippen LogP contribution is -2.21. The van der Waals surface area contributed by atoms with Crippen LogP contribution in [0.4, 0.5) is 10.1 Å². The summed E-state index contributed by atoms with van der Waals surface area (Å²) < 4.78 is 13.2. The van der Waals surface area contributed by atoms with Crippen molar-refractivity contribution < 1.29 is 4.39 Å². The van der Waals surface area contributed by atoms with Crippen LogP contribution in [0.25, 0.3) is 0 Å². The van der Waals surface area contributed by atoms with E-state index in [1.165, 1.54) is 12.1 Å². The van der Waals surface area contributed by atoms with Gasteiger partial charge in [-0.1, -0.05) is 23.7 Å². The van der Waals surface area contributed by atoms with Gasteiger partial charge in [-0.2, -0.15) is 0 Å². The smallest absolute Gasteiger partial charge is 0.125 e. The SMILES string of the molecule is Cc1cc(Cl)ccc1C(CN)Nc1cccc(F)c1. The van der Waals surface area contributed by atoms with E-state index in [4.69, 9.17) is 17.3 Å². The fourth-order valence-corrected chi connectivity index (χ4v) is 2.30. The Kier molecular flexibility index (Phi) is 4.40. The van der Waals surface area contributed by atoms with Crippen LogP contribution in [0.15, 0.2) is 42.5 Å². The van der Waals surface area contributed by atoms with E-state index in [1.807, 2.05) is 31.2 Å². The first kappa shape index (κ1) is 13.8. The van der Waals surface area contributed by atoms with Crippen LogP contribution in [0.5, 0.6) is 0 Å². The topological polar surface area (TPSA) is 38.0 Å². The van der Waals surface area contributed by atoms with Crippen LogP contribution < -0.4 is 11.1 Å². The molecular formula is C15H16ClFN2. The lowest BCUT2D eigenvalue weighted by Gasteiger charge is -2.20. The Balaban J connectivity index is 2.25. The van der Waals surface area contributed by atoms with Crippen molar-refractivity contribution in [1.29, 1.82) is 0 Å². The maximum atomic E-state index is 13.2. The van der Waals surface area contributed by atoms with Crippen LogP contribution in [0.2, 0.25) is 5.02 Å². The third-order valence-corrected chi connectivity index (χ3v) is 3.24. The van der Waals surface area contributed by atoms with Crippen molar-refractivity contribution in [2.75, 3.05) is 11.9 Å². The molecule has 0 aliphatic rings. The van der Waals surface area contributed by atoms with Gasteiger partial charge < -0.3 is 11.1 Å². The van der Waals surface area contributed by atoms with Crippen molar-refractivity contribution in [3.63, 3.8) is 0 Å². The van der Waals surface area contributed by atoms with Crippen molar-refractivity contribution in [3.05, 3.63) is 64.4 Å². The highest BCUT2D eigenvalue weighted by Gasteiger charge is 2.12. The Hall–Kier alpha value is -1.58. The molecule has 2 aromatic rings. The van der Waals surface area contributed by atoms with E-state index < -0.39 is 0 Å². The van der Waals surface area contributed by atoms with Gasteiger partial charge in [-0.3, -0.25) is 0 Å². The molecule has 4 heteroatoms. The number of hydrogen-bond donors (Lipinski definition) is 2. The van der Waals surface area contributed by atoms with Crippen LogP contribution >= 0.6 is 11.6 Å². The van der Waals surface area contributed by atoms with Gasteiger partial charge in [0, 0.05) is 17.3 Å². The minimum atomic E-state index is -0.270. The van der Waals surface area contributed by atoms with Gasteiger partial charge in [-0.25, -0.2) is 4.39 Å². The summed E-state index contributed by atoms with van der Waals surface area (Å²) in [5, 5.41) is 3.94. The number of anilines is 1. The number of rotatable bonds is 4. The van der Waals surface area contributed by atoms with E-state index in [9.17, 15) is 4.39 Å². The van der Waals surface area contributed by atoms with Gasteiger partial charge >= 0.3 is 0 Å². The molecule has 0 aliphatic heterocycles. The van der Waals surface area contributed by atoms with Crippen LogP contribution in [-0.4, -0.2) is 6.54 Å². The van der Waals surface area contributed by atoms with Gasteiger partial charge in [0.15, 0.2) is 0 Å². The summed E-state index contributed by atoms with van der Waals surface area (Å²) >= 11 is 5.94. The number of halogens is 2. The molecule has 1 unspecified atom stereocenters. The van der Waals surface area contributed by atoms with E-state index in [1.54, 1.807) is 6.07 Å². The van der Waals surface area contributed by atoms with Crippen LogP contribution in [-0.2, 0) is 0 Å². The highest BCUT2D eigenvalue weighted by atomic mass is 35.5. The maximum Gasteiger partial charge on any atom is 0.125 e. The first-order chi connectivity index (χ1) is 9.10. The summed E-state index contributed by atoms with van der Waals surface area (Å²) in [6.07, 6.45) is 0. The largest absolute Gasteiger partial charge is 0.377 e. The summed E-state index contributed by atoms with van der Waals surface area (Å²) in [5.74, 6) is -0.270. The molecule has 0 radical (unpaired) electrons. The fraction of sp³-hybridized carbons (Fsp3) is 0.200. The molecule has 0 aromatic heterocycles. The molecule has 0 bridgehead atoms. The van der Waals surface area contributed by atoms with Gasteiger partial charge in [0.1, 0.15) is 5.82 Å². The summed E-state index contributed by atoms with van der Waals surface area (Å²) in [6, 6.07) is 12.0. The molecule has 0 saturated heterocycles. The average Bonchev–Trinajstić information content (AvgIpc) is 2.37. The van der Waals surface area contributed by atoms with Crippen LogP contribution in [0, 0.1) is 12.7 Å². The van der Waals surface area contributed by atoms with E-state index in [2.05, 4.69) is 5.32 Å². The molecule has 0 saturated carbocycles. The van der Waals surface area contributed by atoms with Crippen molar-refractivity contribution in [3.8, 4) is 0 Å². The van der Waals surface area contributed by atoms with Gasteiger partial charge in [-0.05, 0) is 48.4 Å². The number of benzene rings is 2. The van der Waals surface area contributed by atoms with Gasteiger partial charge in [0.2, 0.25) is 0 Å². The van der Waals surface area contributed by atoms with E-state index in [-0.39, 0.29) is 11.9 Å². The molecule has 0 amide bonds. The second-order valence-corrected chi connectivity index (χ2v) is 4.88. The summed E-state index contributed by atoms with van der Waals surface area (Å²) in [5.41, 5.74) is 8.65. The molecular weight excluding hydrogens is 263 g/mol. The van der Waals surface area contributed by atoms with Crippen molar-refractivity contribution in [1.82, 2.24) is 0 Å². The standard InChI is InChI=1S/C15H16ClFN2/c1-10-7-11(16)5-6-14(10)15(9-18)19-13-4-2-3-12(17)8-13/h2-8,15,19H,9,18H2,1H3. The first-order valence-corrected chi connectivity index (χ1v) is 6.46. The zero-order valence-electron chi connectivity index (χ0n) is 10.7. The summed E-state index contributed by atoms with van der Waals surface area (Å²) in [6.45, 7) is 2.40. The summed E-state index contributed by atoms with van der Waals surface area (Å²) in [7, 11) is 0. The Morgan fingerprint density at radius 1 is 1.26 bits per heavy atom. The molecule has 1 atom stereocenters. The molecule has 2 rings (SSSR count). The number of nitrogens with two attached hydrogens (primary N) is 1. The minimum absolute atomic E-state index is 0.0703. The minimum Gasteiger partial charge on any atom is -0.377 e. The third-order valence-electron chi connectivity index (χ3n) is 3.01. The molecule has 100 valence electrons. The molecule has 3 N–H and O–H groups in total. The second kappa shape index (κ2) is 6.04. The quantitative estimate of drug-likeness (QED) is 0.890. The van der Waals surface area contributed by atoms with E-state index in [0.29, 0.717) is 17.3 Å². The summed E-state index contributed by atoms with van der Waals surface area (Å²) in [4.78, 5) is 0. The third kappa shape index (κ3) is 3.46. The number of aryl methyl sites for hydroxylation is 1. The highest BCUT2D eigenvalue weighted by Crippen LogP contribution is 2.24. The molecule has 2 aromatic carbocycles. The second-order valence-electron chi connectivity index (χ2n) is 4.44. The average molecular weight is 279 g/mol. The van der Waals surface area contributed by atoms with Gasteiger partial charge in [0.25, 0.3) is 0 Å². The normalized spacial score (nSPS) is 12.2. The first-order valence-electron chi connectivity index (χ1n) is 6.08. The lowest BCUT2D eigenvalue weighted by molar-refractivity contribution is 0.627. The van der Waals surface area contributed by atoms with Crippen molar-refractivity contribution in [2.24, 2.45) is 5.73 Å². The number of hydrogen-bond acceptors (Lipinski definition) is 2. The van der Waals surface area contributed by atoms with Crippen molar-refractivity contribution >= 4 is 17.3 Å². The zero-order valence-corrected chi connectivity index (χ0v) is 11.4. The van der Waals surface area contributed by atoms with Crippen LogP contribution in [0.3, 0.4) is 0 Å². The predicted octanol–water partition coefficient (Wildman–Crippen LogP) is 3.90. The van der Waals surface area contributed by atoms with E-state index in [0.717, 1.165) is 11.1 Å². The van der Waals surface area contributed by atoms with Crippen LogP contribution in [0.1, 0.15) is 17.2 Å². The Labute approximate surface area is 117 Å². The van der Waals surface area contributed by atoms with E-state index >= 15 is 0 Å². The zero-order chi connectivity index (χ0) is 13.8. The maximum absolute atomic E-state index is 13.2. The molecule has 0 spiro atoms.